The zero-order chi connectivity index (χ0) is 19.1. The summed E-state index contributed by atoms with van der Waals surface area (Å²) in [4.78, 5) is 33.6. The van der Waals surface area contributed by atoms with E-state index in [1.807, 2.05) is 27.0 Å². The number of hydrogen-bond acceptors (Lipinski definition) is 5. The molecule has 1 fully saturated rings. The first-order valence-electron chi connectivity index (χ1n) is 8.88. The third kappa shape index (κ3) is 2.97. The normalized spacial score (nSPS) is 14.8. The summed E-state index contributed by atoms with van der Waals surface area (Å²) in [7, 11) is 1.83. The van der Waals surface area contributed by atoms with Gasteiger partial charge >= 0.3 is 0 Å². The number of rotatable bonds is 2. The van der Waals surface area contributed by atoms with E-state index in [0.717, 1.165) is 16.8 Å². The van der Waals surface area contributed by atoms with Crippen molar-refractivity contribution in [2.24, 2.45) is 7.05 Å². The van der Waals surface area contributed by atoms with Crippen LogP contribution < -0.4 is 0 Å². The molecule has 0 unspecified atom stereocenters. The van der Waals surface area contributed by atoms with Crippen LogP contribution >= 0.6 is 0 Å². The van der Waals surface area contributed by atoms with Gasteiger partial charge in [0.05, 0.1) is 22.9 Å². The number of amides is 2. The smallest absolute Gasteiger partial charge is 0.289 e. The van der Waals surface area contributed by atoms with Crippen molar-refractivity contribution < 1.29 is 14.0 Å². The van der Waals surface area contributed by atoms with Gasteiger partial charge in [-0.3, -0.25) is 14.3 Å². The Labute approximate surface area is 156 Å². The maximum absolute atomic E-state index is 13.2. The van der Waals surface area contributed by atoms with E-state index in [1.54, 1.807) is 26.6 Å². The van der Waals surface area contributed by atoms with Crippen molar-refractivity contribution in [3.8, 4) is 0 Å². The van der Waals surface area contributed by atoms with Gasteiger partial charge in [0.2, 0.25) is 0 Å². The Kier molecular flexibility index (Phi) is 4.18. The third-order valence-electron chi connectivity index (χ3n) is 4.91. The van der Waals surface area contributed by atoms with Crippen LogP contribution in [-0.2, 0) is 7.05 Å². The fourth-order valence-electron chi connectivity index (χ4n) is 3.58. The number of piperazine rings is 1. The summed E-state index contributed by atoms with van der Waals surface area (Å²) in [5, 5.41) is 5.20. The van der Waals surface area contributed by atoms with E-state index in [1.165, 1.54) is 6.26 Å². The van der Waals surface area contributed by atoms with Gasteiger partial charge in [0.1, 0.15) is 0 Å². The second-order valence-corrected chi connectivity index (χ2v) is 6.78. The summed E-state index contributed by atoms with van der Waals surface area (Å²) in [5.74, 6) is 0.135. The number of aryl methyl sites for hydroxylation is 3. The van der Waals surface area contributed by atoms with Crippen molar-refractivity contribution in [1.29, 1.82) is 0 Å². The molecule has 0 aliphatic carbocycles. The molecule has 1 aliphatic rings. The molecule has 27 heavy (non-hydrogen) atoms. The quantitative estimate of drug-likeness (QED) is 0.689. The molecule has 4 rings (SSSR count). The lowest BCUT2D eigenvalue weighted by molar-refractivity contribution is 0.0519. The van der Waals surface area contributed by atoms with E-state index >= 15 is 0 Å². The van der Waals surface area contributed by atoms with Crippen LogP contribution in [0.15, 0.2) is 28.9 Å². The van der Waals surface area contributed by atoms with E-state index < -0.39 is 0 Å². The third-order valence-corrected chi connectivity index (χ3v) is 4.91. The summed E-state index contributed by atoms with van der Waals surface area (Å²) in [6.45, 7) is 5.67. The fourth-order valence-corrected chi connectivity index (χ4v) is 3.58. The first kappa shape index (κ1) is 17.3. The predicted molar refractivity (Wildman–Crippen MR) is 98.5 cm³/mol. The number of fused-ring (bicyclic) bond motifs is 1. The summed E-state index contributed by atoms with van der Waals surface area (Å²) >= 11 is 0. The lowest BCUT2D eigenvalue weighted by Crippen LogP contribution is -2.50. The Morgan fingerprint density at radius 3 is 2.37 bits per heavy atom. The largest absolute Gasteiger partial charge is 0.459 e. The first-order chi connectivity index (χ1) is 13.0. The highest BCUT2D eigenvalue weighted by molar-refractivity contribution is 6.06. The van der Waals surface area contributed by atoms with Crippen LogP contribution in [0.5, 0.6) is 0 Å². The summed E-state index contributed by atoms with van der Waals surface area (Å²) in [6, 6.07) is 5.17. The number of furan rings is 1. The van der Waals surface area contributed by atoms with Crippen molar-refractivity contribution in [3.63, 3.8) is 0 Å². The molecule has 0 N–H and O–H groups in total. The zero-order valence-corrected chi connectivity index (χ0v) is 15.6. The Hall–Kier alpha value is -3.16. The van der Waals surface area contributed by atoms with Gasteiger partial charge in [-0.2, -0.15) is 5.10 Å². The number of aromatic nitrogens is 3. The molecule has 2 amide bonds. The van der Waals surface area contributed by atoms with E-state index in [0.29, 0.717) is 43.1 Å². The maximum atomic E-state index is 13.2. The van der Waals surface area contributed by atoms with Crippen LogP contribution in [0.2, 0.25) is 0 Å². The average molecular weight is 367 g/mol. The molecule has 3 aromatic heterocycles. The molecule has 0 bridgehead atoms. The van der Waals surface area contributed by atoms with Gasteiger partial charge < -0.3 is 14.2 Å². The van der Waals surface area contributed by atoms with Gasteiger partial charge in [-0.25, -0.2) is 4.98 Å². The molecule has 0 spiro atoms. The van der Waals surface area contributed by atoms with Gasteiger partial charge in [-0.15, -0.1) is 0 Å². The van der Waals surface area contributed by atoms with Gasteiger partial charge in [-0.05, 0) is 32.0 Å². The number of nitrogens with zero attached hydrogens (tertiary/aromatic N) is 5. The van der Waals surface area contributed by atoms with Crippen LogP contribution in [0, 0.1) is 13.8 Å². The molecule has 8 nitrogen and oxygen atoms in total. The number of hydrogen-bond donors (Lipinski definition) is 0. The zero-order valence-electron chi connectivity index (χ0n) is 15.6. The minimum absolute atomic E-state index is 0.0494. The Balaban J connectivity index is 1.55. The molecule has 0 aromatic carbocycles. The van der Waals surface area contributed by atoms with E-state index in [9.17, 15) is 9.59 Å². The first-order valence-corrected chi connectivity index (χ1v) is 8.88. The molecule has 0 saturated carbocycles. The van der Waals surface area contributed by atoms with Crippen LogP contribution in [0.4, 0.5) is 0 Å². The van der Waals surface area contributed by atoms with E-state index in [2.05, 4.69) is 10.1 Å². The highest BCUT2D eigenvalue weighted by atomic mass is 16.3. The van der Waals surface area contributed by atoms with Crippen LogP contribution in [0.1, 0.15) is 32.3 Å². The standard InChI is InChI=1S/C19H21N5O3/c1-12-11-14(16-13(2)21-22(3)17(16)20-12)18(25)23-6-8-24(9-7-23)19(26)15-5-4-10-27-15/h4-5,10-11H,6-9H2,1-3H3. The van der Waals surface area contributed by atoms with Crippen molar-refractivity contribution in [3.05, 3.63) is 47.2 Å². The van der Waals surface area contributed by atoms with Gasteiger partial charge in [-0.1, -0.05) is 0 Å². The predicted octanol–water partition coefficient (Wildman–Crippen LogP) is 1.78. The van der Waals surface area contributed by atoms with Gasteiger partial charge in [0.15, 0.2) is 11.4 Å². The second-order valence-electron chi connectivity index (χ2n) is 6.78. The van der Waals surface area contributed by atoms with Crippen LogP contribution in [-0.4, -0.2) is 62.6 Å². The van der Waals surface area contributed by atoms with Crippen molar-refractivity contribution in [2.45, 2.75) is 13.8 Å². The molecule has 1 saturated heterocycles. The minimum atomic E-state index is -0.141. The summed E-state index contributed by atoms with van der Waals surface area (Å²) < 4.78 is 6.88. The SMILES string of the molecule is Cc1cc(C(=O)N2CCN(C(=O)c3ccco3)CC2)c2c(C)nn(C)c2n1. The molecule has 0 atom stereocenters. The molecule has 140 valence electrons. The molecular formula is C19H21N5O3. The van der Waals surface area contributed by atoms with E-state index in [-0.39, 0.29) is 11.8 Å². The van der Waals surface area contributed by atoms with Gasteiger partial charge in [0.25, 0.3) is 11.8 Å². The molecular weight excluding hydrogens is 346 g/mol. The van der Waals surface area contributed by atoms with Gasteiger partial charge in [0, 0.05) is 38.9 Å². The van der Waals surface area contributed by atoms with E-state index in [4.69, 9.17) is 4.42 Å². The highest BCUT2D eigenvalue weighted by Crippen LogP contribution is 2.23. The molecule has 0 radical (unpaired) electrons. The molecule has 3 aromatic rings. The lowest BCUT2D eigenvalue weighted by atomic mass is 10.1. The van der Waals surface area contributed by atoms with Crippen molar-refractivity contribution in [2.75, 3.05) is 26.2 Å². The number of carbonyl (C=O) groups excluding carboxylic acids is 2. The number of pyridine rings is 1. The molecule has 1 aliphatic heterocycles. The monoisotopic (exact) mass is 367 g/mol. The Bertz CT molecular complexity index is 1010. The highest BCUT2D eigenvalue weighted by Gasteiger charge is 2.28. The Morgan fingerprint density at radius 1 is 1.07 bits per heavy atom. The van der Waals surface area contributed by atoms with Crippen LogP contribution in [0.3, 0.4) is 0 Å². The average Bonchev–Trinajstić information content (AvgIpc) is 3.29. The Morgan fingerprint density at radius 2 is 1.74 bits per heavy atom. The summed E-state index contributed by atoms with van der Waals surface area (Å²) in [5.41, 5.74) is 2.90. The second kappa shape index (κ2) is 6.53. The van der Waals surface area contributed by atoms with Crippen molar-refractivity contribution >= 4 is 22.8 Å². The molecule has 8 heteroatoms. The molecule has 4 heterocycles. The van der Waals surface area contributed by atoms with Crippen LogP contribution in [0.25, 0.3) is 11.0 Å². The minimum Gasteiger partial charge on any atom is -0.459 e. The topological polar surface area (TPSA) is 84.5 Å². The fraction of sp³-hybridized carbons (Fsp3) is 0.368. The lowest BCUT2D eigenvalue weighted by Gasteiger charge is -2.34. The van der Waals surface area contributed by atoms with Crippen molar-refractivity contribution in [1.82, 2.24) is 24.6 Å². The number of carbonyl (C=O) groups is 2. The maximum Gasteiger partial charge on any atom is 0.289 e. The summed E-state index contributed by atoms with van der Waals surface area (Å²) in [6.07, 6.45) is 1.49.